The Kier molecular flexibility index (Phi) is 4.11. The molecular weight excluding hydrogens is 212 g/mol. The number of nitrogens with zero attached hydrogens (tertiary/aromatic N) is 1. The summed E-state index contributed by atoms with van der Waals surface area (Å²) in [6.45, 7) is 9.90. The van der Waals surface area contributed by atoms with Gasteiger partial charge in [0, 0.05) is 19.6 Å². The molecule has 2 N–H and O–H groups in total. The summed E-state index contributed by atoms with van der Waals surface area (Å²) in [7, 11) is 0. The minimum atomic E-state index is -0.0794. The number of piperidine rings is 1. The second-order valence-electron chi connectivity index (χ2n) is 6.31. The third-order valence-electron chi connectivity index (χ3n) is 4.91. The highest BCUT2D eigenvalue weighted by molar-refractivity contribution is 4.94. The Morgan fingerprint density at radius 3 is 2.53 bits per heavy atom. The van der Waals surface area contributed by atoms with E-state index >= 15 is 0 Å². The minimum absolute atomic E-state index is 0.0794. The van der Waals surface area contributed by atoms with E-state index in [1.54, 1.807) is 0 Å². The van der Waals surface area contributed by atoms with E-state index in [2.05, 4.69) is 31.0 Å². The summed E-state index contributed by atoms with van der Waals surface area (Å²) < 4.78 is 0. The van der Waals surface area contributed by atoms with Crippen molar-refractivity contribution in [2.75, 3.05) is 19.6 Å². The van der Waals surface area contributed by atoms with E-state index in [1.165, 1.54) is 25.7 Å². The molecule has 0 aromatic heterocycles. The maximum absolute atomic E-state index is 9.35. The molecule has 2 aliphatic heterocycles. The lowest BCUT2D eigenvalue weighted by atomic mass is 9.68. The smallest absolute Gasteiger partial charge is 0.0795 e. The molecule has 2 fully saturated rings. The van der Waals surface area contributed by atoms with Gasteiger partial charge in [-0.15, -0.1) is 0 Å². The number of likely N-dealkylation sites (tertiary alicyclic amines) is 1. The molecule has 100 valence electrons. The van der Waals surface area contributed by atoms with Crippen LogP contribution in [0, 0.1) is 11.3 Å². The van der Waals surface area contributed by atoms with Crippen molar-refractivity contribution < 1.29 is 5.11 Å². The monoisotopic (exact) mass is 240 g/mol. The van der Waals surface area contributed by atoms with E-state index < -0.39 is 0 Å². The van der Waals surface area contributed by atoms with Gasteiger partial charge in [-0.2, -0.15) is 0 Å². The number of hydrogen-bond donors (Lipinski definition) is 2. The Labute approximate surface area is 106 Å². The molecule has 3 heteroatoms. The Hall–Kier alpha value is -0.120. The summed E-state index contributed by atoms with van der Waals surface area (Å²) in [5, 5.41) is 13.1. The van der Waals surface area contributed by atoms with Gasteiger partial charge in [-0.3, -0.25) is 4.90 Å². The van der Waals surface area contributed by atoms with Crippen LogP contribution in [0.5, 0.6) is 0 Å². The van der Waals surface area contributed by atoms with Crippen molar-refractivity contribution in [2.45, 2.75) is 58.7 Å². The highest BCUT2D eigenvalue weighted by Gasteiger charge is 2.40. The Balaban J connectivity index is 1.87. The van der Waals surface area contributed by atoms with Crippen LogP contribution in [0.25, 0.3) is 0 Å². The van der Waals surface area contributed by atoms with Crippen LogP contribution in [-0.4, -0.2) is 41.9 Å². The van der Waals surface area contributed by atoms with E-state index in [4.69, 9.17) is 0 Å². The average Bonchev–Trinajstić information content (AvgIpc) is 2.26. The lowest BCUT2D eigenvalue weighted by Gasteiger charge is -2.50. The van der Waals surface area contributed by atoms with E-state index in [0.717, 1.165) is 25.6 Å². The molecule has 0 radical (unpaired) electrons. The van der Waals surface area contributed by atoms with Crippen LogP contribution in [0.15, 0.2) is 0 Å². The van der Waals surface area contributed by atoms with Crippen molar-refractivity contribution in [3.63, 3.8) is 0 Å². The molecule has 0 aromatic rings. The molecule has 0 bridgehead atoms. The van der Waals surface area contributed by atoms with Crippen molar-refractivity contribution in [1.29, 1.82) is 0 Å². The van der Waals surface area contributed by atoms with Gasteiger partial charge in [-0.1, -0.05) is 27.2 Å². The third kappa shape index (κ3) is 2.67. The summed E-state index contributed by atoms with van der Waals surface area (Å²) in [6.07, 6.45) is 5.64. The van der Waals surface area contributed by atoms with Crippen LogP contribution in [0.4, 0.5) is 0 Å². The fourth-order valence-corrected chi connectivity index (χ4v) is 3.48. The van der Waals surface area contributed by atoms with Gasteiger partial charge in [0.2, 0.25) is 0 Å². The zero-order valence-corrected chi connectivity index (χ0v) is 11.6. The zero-order valence-electron chi connectivity index (χ0n) is 11.6. The van der Waals surface area contributed by atoms with Crippen molar-refractivity contribution in [2.24, 2.45) is 11.3 Å². The van der Waals surface area contributed by atoms with Gasteiger partial charge in [0.05, 0.1) is 12.3 Å². The predicted octanol–water partition coefficient (Wildman–Crippen LogP) is 1.81. The highest BCUT2D eigenvalue weighted by Crippen LogP contribution is 2.40. The van der Waals surface area contributed by atoms with E-state index in [0.29, 0.717) is 11.6 Å². The first-order chi connectivity index (χ1) is 8.07. The van der Waals surface area contributed by atoms with E-state index in [-0.39, 0.29) is 6.10 Å². The lowest BCUT2D eigenvalue weighted by molar-refractivity contribution is -0.0563. The molecule has 0 aromatic carbocycles. The molecule has 2 saturated heterocycles. The Morgan fingerprint density at radius 1 is 1.41 bits per heavy atom. The molecule has 0 saturated carbocycles. The van der Waals surface area contributed by atoms with Gasteiger partial charge in [0.1, 0.15) is 0 Å². The number of hydrogen-bond acceptors (Lipinski definition) is 3. The van der Waals surface area contributed by atoms with Crippen molar-refractivity contribution in [3.8, 4) is 0 Å². The molecule has 2 unspecified atom stereocenters. The summed E-state index contributed by atoms with van der Waals surface area (Å²) in [4.78, 5) is 2.38. The van der Waals surface area contributed by atoms with Gasteiger partial charge in [0.25, 0.3) is 0 Å². The summed E-state index contributed by atoms with van der Waals surface area (Å²) in [5.74, 6) is 0.762. The van der Waals surface area contributed by atoms with Crippen LogP contribution in [0.3, 0.4) is 0 Å². The van der Waals surface area contributed by atoms with Crippen LogP contribution in [0.1, 0.15) is 46.5 Å². The fourth-order valence-electron chi connectivity index (χ4n) is 3.48. The van der Waals surface area contributed by atoms with Crippen molar-refractivity contribution >= 4 is 0 Å². The number of nitrogens with one attached hydrogen (secondary N) is 1. The van der Waals surface area contributed by atoms with Crippen molar-refractivity contribution in [3.05, 3.63) is 0 Å². The molecule has 2 rings (SSSR count). The third-order valence-corrected chi connectivity index (χ3v) is 4.91. The quantitative estimate of drug-likeness (QED) is 0.787. The Bertz CT molecular complexity index is 241. The van der Waals surface area contributed by atoms with E-state index in [9.17, 15) is 5.11 Å². The van der Waals surface area contributed by atoms with Gasteiger partial charge in [-0.05, 0) is 30.6 Å². The first-order valence-electron chi connectivity index (χ1n) is 7.23. The highest BCUT2D eigenvalue weighted by atomic mass is 16.3. The summed E-state index contributed by atoms with van der Waals surface area (Å²) in [6, 6.07) is 0. The molecule has 0 aliphatic carbocycles. The first kappa shape index (κ1) is 13.3. The van der Waals surface area contributed by atoms with Crippen LogP contribution < -0.4 is 5.32 Å². The summed E-state index contributed by atoms with van der Waals surface area (Å²) >= 11 is 0. The van der Waals surface area contributed by atoms with Gasteiger partial charge < -0.3 is 10.4 Å². The topological polar surface area (TPSA) is 35.5 Å². The van der Waals surface area contributed by atoms with Gasteiger partial charge >= 0.3 is 0 Å². The molecule has 2 aliphatic rings. The molecule has 2 atom stereocenters. The largest absolute Gasteiger partial charge is 0.390 e. The molecule has 3 nitrogen and oxygen atoms in total. The normalized spacial score (nSPS) is 36.2. The molecule has 17 heavy (non-hydrogen) atoms. The molecule has 2 heterocycles. The van der Waals surface area contributed by atoms with Gasteiger partial charge in [-0.25, -0.2) is 0 Å². The van der Waals surface area contributed by atoms with Crippen LogP contribution in [0.2, 0.25) is 0 Å². The average molecular weight is 240 g/mol. The molecule has 0 amide bonds. The molecular formula is C14H28N2O. The first-order valence-corrected chi connectivity index (χ1v) is 7.23. The number of rotatable bonds is 4. The lowest BCUT2D eigenvalue weighted by Crippen LogP contribution is -2.63. The minimum Gasteiger partial charge on any atom is -0.390 e. The maximum atomic E-state index is 9.35. The standard InChI is InChI=1S/C14H28N2O/c1-4-6-14(11(2)3)7-5-13(15-10-14)16-8-12(17)9-16/h11-13,15,17H,4-10H2,1-3H3. The number of aliphatic hydroxyl groups is 1. The molecule has 0 spiro atoms. The van der Waals surface area contributed by atoms with Crippen molar-refractivity contribution in [1.82, 2.24) is 10.2 Å². The summed E-state index contributed by atoms with van der Waals surface area (Å²) in [5.41, 5.74) is 0.509. The van der Waals surface area contributed by atoms with Crippen LogP contribution in [-0.2, 0) is 0 Å². The maximum Gasteiger partial charge on any atom is 0.0795 e. The number of aliphatic hydroxyl groups excluding tert-OH is 1. The second kappa shape index (κ2) is 5.25. The van der Waals surface area contributed by atoms with Gasteiger partial charge in [0.15, 0.2) is 0 Å². The number of β-amino-alcohol motifs (C(OH)–C–C–N with tert-alkyl or cyclic N) is 1. The fraction of sp³-hybridized carbons (Fsp3) is 1.00. The zero-order chi connectivity index (χ0) is 12.5. The van der Waals surface area contributed by atoms with E-state index in [1.807, 2.05) is 0 Å². The van der Waals surface area contributed by atoms with Crippen LogP contribution >= 0.6 is 0 Å². The Morgan fingerprint density at radius 2 is 2.12 bits per heavy atom. The second-order valence-corrected chi connectivity index (χ2v) is 6.31. The predicted molar refractivity (Wildman–Crippen MR) is 70.8 cm³/mol. The SMILES string of the molecule is CCCC1(C(C)C)CCC(N2CC(O)C2)NC1.